The van der Waals surface area contributed by atoms with Crippen LogP contribution in [0.4, 0.5) is 5.69 Å². The molecule has 0 unspecified atom stereocenters. The maximum absolute atomic E-state index is 10.9. The molecule has 0 spiro atoms. The third kappa shape index (κ3) is 2.75. The summed E-state index contributed by atoms with van der Waals surface area (Å²) in [5.41, 5.74) is 1.71. The maximum atomic E-state index is 10.9. The fourth-order valence-corrected chi connectivity index (χ4v) is 1.58. The fourth-order valence-electron chi connectivity index (χ4n) is 1.02. The van der Waals surface area contributed by atoms with Crippen LogP contribution in [0.5, 0.6) is 0 Å². The number of aryl methyl sites for hydroxylation is 1. The van der Waals surface area contributed by atoms with Crippen molar-refractivity contribution in [2.75, 3.05) is 11.0 Å². The van der Waals surface area contributed by atoms with Gasteiger partial charge in [-0.3, -0.25) is 4.72 Å². The molecule has 0 aromatic heterocycles. The Hall–Kier alpha value is -1.54. The molecular formula is C9H12N2O2S. The lowest BCUT2D eigenvalue weighted by Crippen LogP contribution is -2.09. The zero-order valence-corrected chi connectivity index (χ0v) is 8.72. The number of nitriles is 1. The minimum absolute atomic E-state index is 0. The van der Waals surface area contributed by atoms with E-state index in [1.54, 1.807) is 19.1 Å². The Balaban J connectivity index is 0.00000196. The average Bonchev–Trinajstić information content (AvgIpc) is 2.06. The second kappa shape index (κ2) is 3.68. The summed E-state index contributed by atoms with van der Waals surface area (Å²) in [7, 11) is -3.27. The highest BCUT2D eigenvalue weighted by atomic mass is 32.2. The van der Waals surface area contributed by atoms with E-state index in [0.29, 0.717) is 11.3 Å². The van der Waals surface area contributed by atoms with Gasteiger partial charge in [0, 0.05) is 7.11 Å². The Morgan fingerprint density at radius 2 is 2.14 bits per heavy atom. The molecule has 1 aromatic carbocycles. The Bertz CT molecular complexity index is 491. The Kier molecular flexibility index (Phi) is 2.77. The molecule has 5 heteroatoms. The fraction of sp³-hybridized carbons (Fsp3) is 0.222. The molecule has 0 saturated heterocycles. The zero-order chi connectivity index (χ0) is 10.8. The summed E-state index contributed by atoms with van der Waals surface area (Å²) in [4.78, 5) is 0. The minimum Gasteiger partial charge on any atom is -0.284 e. The first-order valence-electron chi connectivity index (χ1n) is 3.91. The van der Waals surface area contributed by atoms with E-state index in [2.05, 4.69) is 4.72 Å². The van der Waals surface area contributed by atoms with Crippen molar-refractivity contribution in [1.82, 2.24) is 0 Å². The molecule has 76 valence electrons. The maximum Gasteiger partial charge on any atom is 0.229 e. The Labute approximate surface area is 84.7 Å². The summed E-state index contributed by atoms with van der Waals surface area (Å²) < 4.78 is 24.1. The molecule has 1 aromatic rings. The Morgan fingerprint density at radius 1 is 1.50 bits per heavy atom. The summed E-state index contributed by atoms with van der Waals surface area (Å²) in [6, 6.07) is 6.82. The van der Waals surface area contributed by atoms with Crippen LogP contribution in [-0.4, -0.2) is 14.7 Å². The highest BCUT2D eigenvalue weighted by Gasteiger charge is 2.03. The van der Waals surface area contributed by atoms with Crippen LogP contribution in [0, 0.1) is 18.3 Å². The van der Waals surface area contributed by atoms with Gasteiger partial charge in [0.25, 0.3) is 0 Å². The number of hydrogen-bond donors (Lipinski definition) is 1. The van der Waals surface area contributed by atoms with E-state index in [4.69, 9.17) is 5.26 Å². The molecule has 14 heavy (non-hydrogen) atoms. The van der Waals surface area contributed by atoms with Gasteiger partial charge >= 0.3 is 0 Å². The average molecular weight is 212 g/mol. The molecule has 0 bridgehead atoms. The molecule has 0 aliphatic rings. The SMILES string of the molecule is Cc1ccc(NS(C)(=O)=O)cc1C#N.[HH]. The molecule has 0 fully saturated rings. The van der Waals surface area contributed by atoms with Crippen LogP contribution in [0.25, 0.3) is 0 Å². The van der Waals surface area contributed by atoms with Gasteiger partial charge in [0.15, 0.2) is 0 Å². The quantitative estimate of drug-likeness (QED) is 0.807. The lowest BCUT2D eigenvalue weighted by atomic mass is 10.1. The number of nitrogens with one attached hydrogen (secondary N) is 1. The van der Waals surface area contributed by atoms with E-state index in [-0.39, 0.29) is 1.43 Å². The number of hydrogen-bond acceptors (Lipinski definition) is 3. The van der Waals surface area contributed by atoms with Gasteiger partial charge in [0.2, 0.25) is 10.0 Å². The molecule has 0 heterocycles. The van der Waals surface area contributed by atoms with Crippen LogP contribution >= 0.6 is 0 Å². The molecule has 0 radical (unpaired) electrons. The second-order valence-electron chi connectivity index (χ2n) is 3.02. The van der Waals surface area contributed by atoms with Crippen LogP contribution < -0.4 is 4.72 Å². The van der Waals surface area contributed by atoms with Crippen LogP contribution in [0.1, 0.15) is 12.6 Å². The summed E-state index contributed by atoms with van der Waals surface area (Å²) in [5, 5.41) is 8.71. The van der Waals surface area contributed by atoms with Gasteiger partial charge in [-0.25, -0.2) is 8.42 Å². The predicted molar refractivity (Wildman–Crippen MR) is 56.5 cm³/mol. The number of nitrogens with zero attached hydrogens (tertiary/aromatic N) is 1. The highest BCUT2D eigenvalue weighted by Crippen LogP contribution is 2.14. The van der Waals surface area contributed by atoms with Crippen molar-refractivity contribution >= 4 is 15.7 Å². The molecule has 4 nitrogen and oxygen atoms in total. The van der Waals surface area contributed by atoms with Gasteiger partial charge in [-0.2, -0.15) is 5.26 Å². The normalized spacial score (nSPS) is 10.6. The van der Waals surface area contributed by atoms with Crippen LogP contribution in [0.15, 0.2) is 18.2 Å². The van der Waals surface area contributed by atoms with Gasteiger partial charge < -0.3 is 0 Å². The minimum atomic E-state index is -3.27. The first-order chi connectivity index (χ1) is 6.42. The van der Waals surface area contributed by atoms with E-state index >= 15 is 0 Å². The van der Waals surface area contributed by atoms with Crippen LogP contribution in [0.3, 0.4) is 0 Å². The lowest BCUT2D eigenvalue weighted by molar-refractivity contribution is 0.607. The number of sulfonamides is 1. The van der Waals surface area contributed by atoms with Gasteiger partial charge in [0.05, 0.1) is 17.9 Å². The van der Waals surface area contributed by atoms with Crippen molar-refractivity contribution in [3.63, 3.8) is 0 Å². The van der Waals surface area contributed by atoms with E-state index < -0.39 is 10.0 Å². The highest BCUT2D eigenvalue weighted by molar-refractivity contribution is 7.92. The van der Waals surface area contributed by atoms with Crippen molar-refractivity contribution < 1.29 is 9.84 Å². The molecule has 0 atom stereocenters. The van der Waals surface area contributed by atoms with E-state index in [1.165, 1.54) is 6.07 Å². The third-order valence-corrected chi connectivity index (χ3v) is 2.27. The molecule has 0 amide bonds. The van der Waals surface area contributed by atoms with Crippen LogP contribution in [0.2, 0.25) is 0 Å². The van der Waals surface area contributed by atoms with Crippen molar-refractivity contribution in [3.05, 3.63) is 29.3 Å². The smallest absolute Gasteiger partial charge is 0.229 e. The van der Waals surface area contributed by atoms with Gasteiger partial charge in [-0.1, -0.05) is 6.07 Å². The predicted octanol–water partition coefficient (Wildman–Crippen LogP) is 1.48. The summed E-state index contributed by atoms with van der Waals surface area (Å²) in [6.45, 7) is 1.79. The zero-order valence-electron chi connectivity index (χ0n) is 7.90. The molecule has 0 aliphatic heterocycles. The topological polar surface area (TPSA) is 70.0 Å². The van der Waals surface area contributed by atoms with Crippen LogP contribution in [-0.2, 0) is 10.0 Å². The first-order valence-corrected chi connectivity index (χ1v) is 5.80. The Morgan fingerprint density at radius 3 is 2.64 bits per heavy atom. The van der Waals surface area contributed by atoms with E-state index in [1.807, 2.05) is 6.07 Å². The largest absolute Gasteiger partial charge is 0.284 e. The van der Waals surface area contributed by atoms with Crippen molar-refractivity contribution in [1.29, 1.82) is 5.26 Å². The van der Waals surface area contributed by atoms with Crippen molar-refractivity contribution in [3.8, 4) is 6.07 Å². The molecular weight excluding hydrogens is 200 g/mol. The molecule has 1 N–H and O–H groups in total. The monoisotopic (exact) mass is 212 g/mol. The number of anilines is 1. The molecule has 0 aliphatic carbocycles. The standard InChI is InChI=1S/C9H10N2O2S.H2/c1-7-3-4-9(5-8(7)6-10)11-14(2,12)13;/h3-5,11H,1-2H3;1H. The van der Waals surface area contributed by atoms with E-state index in [0.717, 1.165) is 11.8 Å². The lowest BCUT2D eigenvalue weighted by Gasteiger charge is -2.04. The summed E-state index contributed by atoms with van der Waals surface area (Å²) in [6.07, 6.45) is 1.07. The summed E-state index contributed by atoms with van der Waals surface area (Å²) in [5.74, 6) is 0. The van der Waals surface area contributed by atoms with Gasteiger partial charge in [0.1, 0.15) is 0 Å². The number of benzene rings is 1. The first kappa shape index (κ1) is 10.5. The van der Waals surface area contributed by atoms with E-state index in [9.17, 15) is 8.42 Å². The van der Waals surface area contributed by atoms with Gasteiger partial charge in [-0.05, 0) is 24.6 Å². The van der Waals surface area contributed by atoms with Crippen molar-refractivity contribution in [2.24, 2.45) is 0 Å². The second-order valence-corrected chi connectivity index (χ2v) is 4.76. The van der Waals surface area contributed by atoms with Crippen molar-refractivity contribution in [2.45, 2.75) is 6.92 Å². The van der Waals surface area contributed by atoms with Gasteiger partial charge in [-0.15, -0.1) is 0 Å². The third-order valence-electron chi connectivity index (χ3n) is 1.66. The molecule has 1 rings (SSSR count). The summed E-state index contributed by atoms with van der Waals surface area (Å²) >= 11 is 0. The number of rotatable bonds is 2. The molecule has 0 saturated carbocycles.